The Labute approximate surface area is 119 Å². The van der Waals surface area contributed by atoms with E-state index in [1.54, 1.807) is 0 Å². The zero-order valence-corrected chi connectivity index (χ0v) is 11.7. The number of hydrogen-bond donors (Lipinski definition) is 1. The SMILES string of the molecule is COc1cc(OC2=NS(=O)(=O)N=CN2)c(C)c([N+](=O)[O-])c1. The molecule has 0 aromatic heterocycles. The molecule has 0 fully saturated rings. The molecule has 11 heteroatoms. The van der Waals surface area contributed by atoms with Crippen molar-refractivity contribution in [1.82, 2.24) is 5.32 Å². The summed E-state index contributed by atoms with van der Waals surface area (Å²) >= 11 is 0. The molecular weight excluding hydrogens is 304 g/mol. The van der Waals surface area contributed by atoms with Crippen LogP contribution < -0.4 is 14.8 Å². The smallest absolute Gasteiger partial charge is 0.368 e. The van der Waals surface area contributed by atoms with Gasteiger partial charge < -0.3 is 9.47 Å². The number of amidine groups is 1. The van der Waals surface area contributed by atoms with Gasteiger partial charge in [0.1, 0.15) is 17.8 Å². The normalized spacial score (nSPS) is 15.8. The number of rotatable bonds is 3. The minimum atomic E-state index is -4.00. The predicted octanol–water partition coefficient (Wildman–Crippen LogP) is 0.523. The molecule has 0 atom stereocenters. The molecule has 0 bridgehead atoms. The van der Waals surface area contributed by atoms with Crippen LogP contribution in [0.1, 0.15) is 5.56 Å². The molecule has 21 heavy (non-hydrogen) atoms. The quantitative estimate of drug-likeness (QED) is 0.635. The molecule has 0 unspecified atom stereocenters. The zero-order valence-electron chi connectivity index (χ0n) is 10.9. The lowest BCUT2D eigenvalue weighted by Gasteiger charge is -2.13. The topological polar surface area (TPSA) is 132 Å². The van der Waals surface area contributed by atoms with Crippen LogP contribution in [0, 0.1) is 17.0 Å². The summed E-state index contributed by atoms with van der Waals surface area (Å²) in [6, 6.07) is 2.25. The standard InChI is InChI=1S/C10H10N4O6S/c1-6-8(14(15)16)3-7(19-2)4-9(6)20-10-11-5-12-21(17,18)13-10/h3-5H,1-2H3,(H,11,12,13). The van der Waals surface area contributed by atoms with Crippen molar-refractivity contribution in [2.24, 2.45) is 8.80 Å². The Balaban J connectivity index is 2.43. The van der Waals surface area contributed by atoms with Crippen LogP contribution >= 0.6 is 0 Å². The van der Waals surface area contributed by atoms with Crippen LogP contribution in [-0.4, -0.2) is 32.8 Å². The maximum absolute atomic E-state index is 11.2. The third kappa shape index (κ3) is 3.25. The molecule has 1 aliphatic heterocycles. The van der Waals surface area contributed by atoms with Gasteiger partial charge in [-0.1, -0.05) is 4.40 Å². The molecule has 1 N–H and O–H groups in total. The fourth-order valence-corrected chi connectivity index (χ4v) is 2.05. The van der Waals surface area contributed by atoms with E-state index in [1.165, 1.54) is 26.2 Å². The molecule has 1 heterocycles. The summed E-state index contributed by atoms with van der Waals surface area (Å²) in [6.45, 7) is 1.46. The molecule has 0 radical (unpaired) electrons. The number of nitro benzene ring substituents is 1. The lowest BCUT2D eigenvalue weighted by Crippen LogP contribution is -2.31. The third-order valence-corrected chi connectivity index (χ3v) is 3.29. The number of nitrogens with one attached hydrogen (secondary N) is 1. The Morgan fingerprint density at radius 3 is 2.67 bits per heavy atom. The van der Waals surface area contributed by atoms with Gasteiger partial charge in [-0.3, -0.25) is 15.4 Å². The summed E-state index contributed by atoms with van der Waals surface area (Å²) in [5.74, 6) is 0.230. The molecule has 0 spiro atoms. The van der Waals surface area contributed by atoms with E-state index in [1.807, 2.05) is 0 Å². The van der Waals surface area contributed by atoms with Crippen LogP contribution in [0.25, 0.3) is 0 Å². The molecule has 1 aromatic carbocycles. The molecule has 0 amide bonds. The summed E-state index contributed by atoms with van der Waals surface area (Å²) < 4.78 is 38.9. The Morgan fingerprint density at radius 1 is 1.38 bits per heavy atom. The van der Waals surface area contributed by atoms with Crippen molar-refractivity contribution in [3.63, 3.8) is 0 Å². The molecule has 0 aliphatic carbocycles. The van der Waals surface area contributed by atoms with Crippen LogP contribution in [0.2, 0.25) is 0 Å². The van der Waals surface area contributed by atoms with Gasteiger partial charge in [0.25, 0.3) is 5.69 Å². The fraction of sp³-hybridized carbons (Fsp3) is 0.200. The van der Waals surface area contributed by atoms with Crippen molar-refractivity contribution in [3.05, 3.63) is 27.8 Å². The second kappa shape index (κ2) is 5.36. The maximum atomic E-state index is 11.2. The molecule has 2 rings (SSSR count). The minimum absolute atomic E-state index is 0.0396. The first-order valence-electron chi connectivity index (χ1n) is 5.48. The second-order valence-corrected chi connectivity index (χ2v) is 5.14. The number of ether oxygens (including phenoxy) is 2. The zero-order chi connectivity index (χ0) is 15.6. The fourth-order valence-electron chi connectivity index (χ4n) is 1.52. The molecule has 112 valence electrons. The minimum Gasteiger partial charge on any atom is -0.496 e. The number of nitro groups is 1. The number of nitrogens with zero attached hydrogens (tertiary/aromatic N) is 3. The average Bonchev–Trinajstić information content (AvgIpc) is 2.39. The van der Waals surface area contributed by atoms with Crippen LogP contribution in [0.5, 0.6) is 11.5 Å². The first-order chi connectivity index (χ1) is 9.82. The van der Waals surface area contributed by atoms with E-state index in [2.05, 4.69) is 14.1 Å². The monoisotopic (exact) mass is 314 g/mol. The highest BCUT2D eigenvalue weighted by atomic mass is 32.2. The number of benzene rings is 1. The third-order valence-electron chi connectivity index (χ3n) is 2.52. The van der Waals surface area contributed by atoms with Gasteiger partial charge in [-0.15, -0.1) is 4.40 Å². The molecular formula is C10H10N4O6S. The molecule has 1 aromatic rings. The maximum Gasteiger partial charge on any atom is 0.368 e. The highest BCUT2D eigenvalue weighted by Crippen LogP contribution is 2.33. The molecule has 0 saturated heterocycles. The lowest BCUT2D eigenvalue weighted by atomic mass is 10.1. The van der Waals surface area contributed by atoms with Gasteiger partial charge in [0.15, 0.2) is 0 Å². The first kappa shape index (κ1) is 14.7. The van der Waals surface area contributed by atoms with Crippen molar-refractivity contribution in [2.75, 3.05) is 7.11 Å². The van der Waals surface area contributed by atoms with Gasteiger partial charge >= 0.3 is 16.2 Å². The van der Waals surface area contributed by atoms with Gasteiger partial charge in [0.05, 0.1) is 23.7 Å². The molecule has 10 nitrogen and oxygen atoms in total. The first-order valence-corrected chi connectivity index (χ1v) is 6.88. The van der Waals surface area contributed by atoms with Crippen molar-refractivity contribution < 1.29 is 22.8 Å². The van der Waals surface area contributed by atoms with Crippen LogP contribution in [0.15, 0.2) is 20.9 Å². The molecule has 0 saturated carbocycles. The molecule has 1 aliphatic rings. The van der Waals surface area contributed by atoms with E-state index < -0.39 is 15.1 Å². The van der Waals surface area contributed by atoms with Gasteiger partial charge in [0.2, 0.25) is 0 Å². The Morgan fingerprint density at radius 2 is 2.10 bits per heavy atom. The summed E-state index contributed by atoms with van der Waals surface area (Å²) in [5.41, 5.74) is -0.0255. The Hall–Kier alpha value is -2.69. The summed E-state index contributed by atoms with van der Waals surface area (Å²) in [5, 5.41) is 13.4. The average molecular weight is 314 g/mol. The van der Waals surface area contributed by atoms with Crippen LogP contribution in [0.4, 0.5) is 5.69 Å². The summed E-state index contributed by atoms with van der Waals surface area (Å²) in [4.78, 5) is 10.4. The van der Waals surface area contributed by atoms with Crippen molar-refractivity contribution >= 4 is 28.3 Å². The predicted molar refractivity (Wildman–Crippen MR) is 73.0 cm³/mol. The van der Waals surface area contributed by atoms with Crippen molar-refractivity contribution in [3.8, 4) is 11.5 Å². The van der Waals surface area contributed by atoms with Crippen LogP contribution in [-0.2, 0) is 10.2 Å². The highest BCUT2D eigenvalue weighted by Gasteiger charge is 2.21. The lowest BCUT2D eigenvalue weighted by molar-refractivity contribution is -0.385. The van der Waals surface area contributed by atoms with E-state index in [4.69, 9.17) is 9.47 Å². The van der Waals surface area contributed by atoms with Crippen LogP contribution in [0.3, 0.4) is 0 Å². The van der Waals surface area contributed by atoms with E-state index in [0.717, 1.165) is 6.34 Å². The van der Waals surface area contributed by atoms with E-state index >= 15 is 0 Å². The Kier molecular flexibility index (Phi) is 3.76. The van der Waals surface area contributed by atoms with E-state index in [0.29, 0.717) is 0 Å². The number of methoxy groups -OCH3 is 1. The highest BCUT2D eigenvalue weighted by molar-refractivity contribution is 7.89. The van der Waals surface area contributed by atoms with Crippen molar-refractivity contribution in [1.29, 1.82) is 0 Å². The van der Waals surface area contributed by atoms with Gasteiger partial charge in [0, 0.05) is 6.07 Å². The van der Waals surface area contributed by atoms with E-state index in [-0.39, 0.29) is 28.8 Å². The van der Waals surface area contributed by atoms with Gasteiger partial charge in [-0.25, -0.2) is 0 Å². The van der Waals surface area contributed by atoms with Gasteiger partial charge in [-0.2, -0.15) is 8.42 Å². The largest absolute Gasteiger partial charge is 0.496 e. The number of hydrogen-bond acceptors (Lipinski definition) is 7. The van der Waals surface area contributed by atoms with Gasteiger partial charge in [-0.05, 0) is 6.92 Å². The summed E-state index contributed by atoms with van der Waals surface area (Å²) in [6.07, 6.45) is 0.890. The Bertz CT molecular complexity index is 755. The van der Waals surface area contributed by atoms with E-state index in [9.17, 15) is 18.5 Å². The summed E-state index contributed by atoms with van der Waals surface area (Å²) in [7, 11) is -2.66. The second-order valence-electron chi connectivity index (χ2n) is 3.85. The van der Waals surface area contributed by atoms with Crippen molar-refractivity contribution in [2.45, 2.75) is 6.92 Å².